The number of aromatic nitrogens is 2. The third-order valence-electron chi connectivity index (χ3n) is 5.46. The summed E-state index contributed by atoms with van der Waals surface area (Å²) in [4.78, 5) is 32.8. The minimum Gasteiger partial charge on any atom is -0.406 e. The highest BCUT2D eigenvalue weighted by Crippen LogP contribution is 2.31. The van der Waals surface area contributed by atoms with Crippen molar-refractivity contribution in [2.75, 3.05) is 24.6 Å². The van der Waals surface area contributed by atoms with Crippen molar-refractivity contribution < 1.29 is 22.7 Å². The van der Waals surface area contributed by atoms with Gasteiger partial charge in [-0.2, -0.15) is 0 Å². The summed E-state index contributed by atoms with van der Waals surface area (Å²) < 4.78 is 42.7. The Bertz CT molecular complexity index is 1050. The number of aryl methyl sites for hydroxylation is 1. The van der Waals surface area contributed by atoms with E-state index in [-0.39, 0.29) is 23.0 Å². The zero-order valence-electron chi connectivity index (χ0n) is 17.4. The predicted octanol–water partition coefficient (Wildman–Crippen LogP) is 4.13. The lowest BCUT2D eigenvalue weighted by molar-refractivity contribution is -0.274. The van der Waals surface area contributed by atoms with E-state index in [0.717, 1.165) is 43.8 Å². The molecule has 0 spiro atoms. The van der Waals surface area contributed by atoms with E-state index < -0.39 is 6.36 Å². The summed E-state index contributed by atoms with van der Waals surface area (Å²) in [6.07, 6.45) is -2.18. The number of likely N-dealkylation sites (tertiary alicyclic amines) is 1. The quantitative estimate of drug-likeness (QED) is 0.469. The number of halogens is 3. The van der Waals surface area contributed by atoms with Crippen LogP contribution in [0, 0.1) is 5.92 Å². The molecule has 0 unspecified atom stereocenters. The Hall–Kier alpha value is -2.14. The Morgan fingerprint density at radius 2 is 1.94 bits per heavy atom. The van der Waals surface area contributed by atoms with Gasteiger partial charge in [-0.1, -0.05) is 18.7 Å². The first-order chi connectivity index (χ1) is 15.2. The Morgan fingerprint density at radius 1 is 1.25 bits per heavy atom. The molecule has 11 heteroatoms. The molecule has 4 rings (SSSR count). The van der Waals surface area contributed by atoms with Crippen LogP contribution in [0.2, 0.25) is 0 Å². The van der Waals surface area contributed by atoms with E-state index in [1.165, 1.54) is 40.2 Å². The molecule has 0 atom stereocenters. The molecule has 2 aliphatic heterocycles. The second-order valence-corrected chi connectivity index (χ2v) is 9.85. The van der Waals surface area contributed by atoms with Crippen molar-refractivity contribution in [1.29, 1.82) is 0 Å². The van der Waals surface area contributed by atoms with E-state index >= 15 is 0 Å². The molecular weight excluding hydrogens is 463 g/mol. The van der Waals surface area contributed by atoms with Crippen molar-refractivity contribution in [3.63, 3.8) is 0 Å². The molecule has 32 heavy (non-hydrogen) atoms. The predicted molar refractivity (Wildman–Crippen MR) is 117 cm³/mol. The van der Waals surface area contributed by atoms with Crippen LogP contribution in [0.5, 0.6) is 5.75 Å². The van der Waals surface area contributed by atoms with E-state index in [1.54, 1.807) is 0 Å². The summed E-state index contributed by atoms with van der Waals surface area (Å²) in [6, 6.07) is 5.08. The second kappa shape index (κ2) is 9.38. The van der Waals surface area contributed by atoms with Crippen LogP contribution in [-0.2, 0) is 11.2 Å². The number of fused-ring (bicyclic) bond motifs is 1. The first-order valence-electron chi connectivity index (χ1n) is 10.3. The molecule has 2 aliphatic rings. The number of hydrogen-bond donors (Lipinski definition) is 0. The largest absolute Gasteiger partial charge is 0.573 e. The van der Waals surface area contributed by atoms with Crippen LogP contribution in [0.1, 0.15) is 25.5 Å². The summed E-state index contributed by atoms with van der Waals surface area (Å²) in [5.74, 6) is 1.11. The lowest BCUT2D eigenvalue weighted by Crippen LogP contribution is -2.39. The molecule has 0 radical (unpaired) electrons. The zero-order chi connectivity index (χ0) is 22.9. The minimum atomic E-state index is -4.79. The Morgan fingerprint density at radius 3 is 2.59 bits per heavy atom. The molecule has 1 aromatic heterocycles. The SMILES string of the molecule is CC1CCN(C(=O)CSc2nc3c(c(=O)n2-c2ccc(OC(F)(F)F)cc2)SCC3)CC1. The van der Waals surface area contributed by atoms with E-state index in [0.29, 0.717) is 33.8 Å². The second-order valence-electron chi connectivity index (χ2n) is 7.80. The van der Waals surface area contributed by atoms with Crippen LogP contribution in [0.15, 0.2) is 39.1 Å². The number of nitrogens with zero attached hydrogens (tertiary/aromatic N) is 3. The van der Waals surface area contributed by atoms with Crippen LogP contribution in [-0.4, -0.2) is 51.3 Å². The van der Waals surface area contributed by atoms with Gasteiger partial charge >= 0.3 is 6.36 Å². The maximum atomic E-state index is 13.2. The van der Waals surface area contributed by atoms with Crippen molar-refractivity contribution >= 4 is 29.4 Å². The fourth-order valence-electron chi connectivity index (χ4n) is 3.69. The summed E-state index contributed by atoms with van der Waals surface area (Å²) in [6.45, 7) is 3.62. The maximum Gasteiger partial charge on any atom is 0.573 e. The van der Waals surface area contributed by atoms with Gasteiger partial charge < -0.3 is 9.64 Å². The first kappa shape index (κ1) is 23.0. The van der Waals surface area contributed by atoms with Crippen LogP contribution in [0.25, 0.3) is 5.69 Å². The molecule has 1 amide bonds. The fourth-order valence-corrected chi connectivity index (χ4v) is 5.65. The molecule has 0 bridgehead atoms. The van der Waals surface area contributed by atoms with Gasteiger partial charge in [0.2, 0.25) is 5.91 Å². The van der Waals surface area contributed by atoms with E-state index in [9.17, 15) is 22.8 Å². The Kier molecular flexibility index (Phi) is 6.75. The van der Waals surface area contributed by atoms with Crippen molar-refractivity contribution in [2.45, 2.75) is 42.6 Å². The molecule has 172 valence electrons. The summed E-state index contributed by atoms with van der Waals surface area (Å²) in [7, 11) is 0. The van der Waals surface area contributed by atoms with E-state index in [2.05, 4.69) is 16.6 Å². The number of thioether (sulfide) groups is 2. The molecular formula is C21H22F3N3O3S2. The lowest BCUT2D eigenvalue weighted by Gasteiger charge is -2.30. The Labute approximate surface area is 191 Å². The monoisotopic (exact) mass is 485 g/mol. The summed E-state index contributed by atoms with van der Waals surface area (Å²) in [5.41, 5.74) is 0.799. The molecule has 0 saturated carbocycles. The smallest absolute Gasteiger partial charge is 0.406 e. The number of rotatable bonds is 5. The molecule has 0 aliphatic carbocycles. The van der Waals surface area contributed by atoms with Crippen LogP contribution in [0.3, 0.4) is 0 Å². The molecule has 1 fully saturated rings. The zero-order valence-corrected chi connectivity index (χ0v) is 19.0. The van der Waals surface area contributed by atoms with Crippen molar-refractivity contribution in [2.24, 2.45) is 5.92 Å². The van der Waals surface area contributed by atoms with Gasteiger partial charge in [0.1, 0.15) is 5.75 Å². The van der Waals surface area contributed by atoms with Crippen molar-refractivity contribution in [3.05, 3.63) is 40.3 Å². The highest BCUT2D eigenvalue weighted by Gasteiger charge is 2.31. The number of piperidine rings is 1. The molecule has 1 saturated heterocycles. The number of ether oxygens (including phenoxy) is 1. The van der Waals surface area contributed by atoms with Gasteiger partial charge in [0.05, 0.1) is 22.0 Å². The Balaban J connectivity index is 1.59. The number of carbonyl (C=O) groups is 1. The molecule has 6 nitrogen and oxygen atoms in total. The molecule has 0 N–H and O–H groups in total. The number of alkyl halides is 3. The third-order valence-corrected chi connectivity index (χ3v) is 7.49. The lowest BCUT2D eigenvalue weighted by atomic mass is 9.99. The topological polar surface area (TPSA) is 64.4 Å². The molecule has 3 heterocycles. The number of benzene rings is 1. The highest BCUT2D eigenvalue weighted by atomic mass is 32.2. The minimum absolute atomic E-state index is 0.00787. The van der Waals surface area contributed by atoms with Gasteiger partial charge in [0.25, 0.3) is 5.56 Å². The average molecular weight is 486 g/mol. The van der Waals surface area contributed by atoms with Crippen molar-refractivity contribution in [1.82, 2.24) is 14.5 Å². The first-order valence-corrected chi connectivity index (χ1v) is 12.2. The van der Waals surface area contributed by atoms with Crippen LogP contribution in [0.4, 0.5) is 13.2 Å². The third kappa shape index (κ3) is 5.25. The van der Waals surface area contributed by atoms with Gasteiger partial charge in [0, 0.05) is 25.3 Å². The standard InChI is InChI=1S/C21H22F3N3O3S2/c1-13-6-9-26(10-7-13)17(28)12-32-20-25-16-8-11-31-18(16)19(29)27(20)14-2-4-15(5-3-14)30-21(22,23)24/h2-5,13H,6-12H2,1H3. The summed E-state index contributed by atoms with van der Waals surface area (Å²) in [5, 5.41) is 0.361. The van der Waals surface area contributed by atoms with Gasteiger partial charge in [-0.3, -0.25) is 14.2 Å². The number of carbonyl (C=O) groups excluding carboxylic acids is 1. The summed E-state index contributed by atoms with van der Waals surface area (Å²) >= 11 is 2.60. The van der Waals surface area contributed by atoms with Crippen molar-refractivity contribution in [3.8, 4) is 11.4 Å². The normalized spacial score (nSPS) is 16.8. The van der Waals surface area contributed by atoms with Crippen LogP contribution < -0.4 is 10.3 Å². The van der Waals surface area contributed by atoms with Gasteiger partial charge in [-0.15, -0.1) is 24.9 Å². The maximum absolute atomic E-state index is 13.2. The van der Waals surface area contributed by atoms with E-state index in [1.807, 2.05) is 4.90 Å². The van der Waals surface area contributed by atoms with E-state index in [4.69, 9.17) is 0 Å². The van der Waals surface area contributed by atoms with Gasteiger partial charge in [-0.05, 0) is 43.0 Å². The number of hydrogen-bond acceptors (Lipinski definition) is 6. The van der Waals surface area contributed by atoms with Gasteiger partial charge in [-0.25, -0.2) is 4.98 Å². The molecule has 1 aromatic carbocycles. The van der Waals surface area contributed by atoms with Crippen LogP contribution >= 0.6 is 23.5 Å². The number of amides is 1. The molecule has 2 aromatic rings. The highest BCUT2D eigenvalue weighted by molar-refractivity contribution is 8.00. The average Bonchev–Trinajstić information content (AvgIpc) is 3.21. The van der Waals surface area contributed by atoms with Gasteiger partial charge in [0.15, 0.2) is 5.16 Å². The fraction of sp³-hybridized carbons (Fsp3) is 0.476.